The van der Waals surface area contributed by atoms with E-state index in [1.807, 2.05) is 0 Å². The molecule has 0 aromatic rings. The van der Waals surface area contributed by atoms with Crippen LogP contribution in [0.2, 0.25) is 0 Å². The number of carbonyl (C=O) groups is 1. The van der Waals surface area contributed by atoms with Crippen molar-refractivity contribution in [1.29, 1.82) is 0 Å². The van der Waals surface area contributed by atoms with Gasteiger partial charge in [-0.25, -0.2) is 0 Å². The third-order valence-electron chi connectivity index (χ3n) is 3.39. The van der Waals surface area contributed by atoms with Crippen molar-refractivity contribution in [3.63, 3.8) is 0 Å². The summed E-state index contributed by atoms with van der Waals surface area (Å²) in [4.78, 5) is 14.0. The van der Waals surface area contributed by atoms with E-state index in [1.165, 1.54) is 12.8 Å². The maximum atomic E-state index is 11.9. The van der Waals surface area contributed by atoms with Crippen LogP contribution in [0.5, 0.6) is 0 Å². The average Bonchev–Trinajstić information content (AvgIpc) is 2.65. The van der Waals surface area contributed by atoms with E-state index in [4.69, 9.17) is 0 Å². The second kappa shape index (κ2) is 5.38. The van der Waals surface area contributed by atoms with Gasteiger partial charge in [0.1, 0.15) is 0 Å². The molecule has 2 unspecified atom stereocenters. The van der Waals surface area contributed by atoms with Crippen LogP contribution in [0, 0.1) is 5.92 Å². The highest BCUT2D eigenvalue weighted by Gasteiger charge is 2.27. The Kier molecular flexibility index (Phi) is 4.43. The van der Waals surface area contributed by atoms with E-state index in [0.717, 1.165) is 25.8 Å². The molecule has 1 saturated heterocycles. The first-order chi connectivity index (χ1) is 6.69. The largest absolute Gasteiger partial charge is 0.340 e. The molecule has 0 radical (unpaired) electrons. The molecule has 1 aliphatic heterocycles. The van der Waals surface area contributed by atoms with Crippen molar-refractivity contribution in [3.05, 3.63) is 0 Å². The minimum atomic E-state index is 0.378. The fourth-order valence-electron chi connectivity index (χ4n) is 2.15. The van der Waals surface area contributed by atoms with Gasteiger partial charge in [0.15, 0.2) is 0 Å². The molecule has 1 aliphatic rings. The highest BCUT2D eigenvalue weighted by atomic mass is 16.2. The standard InChI is InChI=1S/C12H23NO/c1-4-10(3)9-12(14)13-8-6-7-11(13)5-2/h10-11H,4-9H2,1-3H3. The molecular formula is C12H23NO. The molecule has 14 heavy (non-hydrogen) atoms. The van der Waals surface area contributed by atoms with Gasteiger partial charge in [0.05, 0.1) is 0 Å². The molecule has 1 fully saturated rings. The predicted molar refractivity (Wildman–Crippen MR) is 59.1 cm³/mol. The molecule has 0 aromatic carbocycles. The Hall–Kier alpha value is -0.530. The van der Waals surface area contributed by atoms with Gasteiger partial charge in [0.2, 0.25) is 5.91 Å². The van der Waals surface area contributed by atoms with Crippen molar-refractivity contribution in [1.82, 2.24) is 4.90 Å². The summed E-state index contributed by atoms with van der Waals surface area (Å²) >= 11 is 0. The first-order valence-electron chi connectivity index (χ1n) is 5.98. The molecule has 1 heterocycles. The van der Waals surface area contributed by atoms with Gasteiger partial charge in [-0.1, -0.05) is 27.2 Å². The van der Waals surface area contributed by atoms with E-state index in [9.17, 15) is 4.79 Å². The van der Waals surface area contributed by atoms with E-state index >= 15 is 0 Å². The third-order valence-corrected chi connectivity index (χ3v) is 3.39. The zero-order valence-electron chi connectivity index (χ0n) is 9.75. The average molecular weight is 197 g/mol. The van der Waals surface area contributed by atoms with Gasteiger partial charge in [-0.3, -0.25) is 4.79 Å². The van der Waals surface area contributed by atoms with Crippen molar-refractivity contribution in [2.45, 2.75) is 58.9 Å². The van der Waals surface area contributed by atoms with Gasteiger partial charge >= 0.3 is 0 Å². The lowest BCUT2D eigenvalue weighted by molar-refractivity contribution is -0.132. The Morgan fingerprint density at radius 3 is 2.79 bits per heavy atom. The Morgan fingerprint density at radius 2 is 2.21 bits per heavy atom. The molecule has 0 aromatic heterocycles. The number of likely N-dealkylation sites (tertiary alicyclic amines) is 1. The van der Waals surface area contributed by atoms with Crippen molar-refractivity contribution in [3.8, 4) is 0 Å². The molecule has 82 valence electrons. The van der Waals surface area contributed by atoms with Gasteiger partial charge in [-0.15, -0.1) is 0 Å². The number of rotatable bonds is 4. The minimum absolute atomic E-state index is 0.378. The van der Waals surface area contributed by atoms with Crippen LogP contribution < -0.4 is 0 Å². The Morgan fingerprint density at radius 1 is 1.50 bits per heavy atom. The van der Waals surface area contributed by atoms with E-state index < -0.39 is 0 Å². The second-order valence-electron chi connectivity index (χ2n) is 4.51. The summed E-state index contributed by atoms with van der Waals surface area (Å²) < 4.78 is 0. The topological polar surface area (TPSA) is 20.3 Å². The SMILES string of the molecule is CCC(C)CC(=O)N1CCCC1CC. The van der Waals surface area contributed by atoms with Crippen LogP contribution in [-0.4, -0.2) is 23.4 Å². The molecule has 2 heteroatoms. The molecular weight excluding hydrogens is 174 g/mol. The molecule has 0 spiro atoms. The number of hydrogen-bond donors (Lipinski definition) is 0. The number of amides is 1. The fourth-order valence-corrected chi connectivity index (χ4v) is 2.15. The van der Waals surface area contributed by atoms with Crippen LogP contribution in [-0.2, 0) is 4.79 Å². The third kappa shape index (κ3) is 2.73. The van der Waals surface area contributed by atoms with Gasteiger partial charge in [0.25, 0.3) is 0 Å². The lowest BCUT2D eigenvalue weighted by atomic mass is 10.0. The van der Waals surface area contributed by atoms with Gasteiger partial charge in [0, 0.05) is 19.0 Å². The minimum Gasteiger partial charge on any atom is -0.340 e. The maximum absolute atomic E-state index is 11.9. The number of carbonyl (C=O) groups excluding carboxylic acids is 1. The smallest absolute Gasteiger partial charge is 0.223 e. The van der Waals surface area contributed by atoms with Crippen LogP contribution in [0.1, 0.15) is 52.9 Å². The number of hydrogen-bond acceptors (Lipinski definition) is 1. The molecule has 1 rings (SSSR count). The number of nitrogens with zero attached hydrogens (tertiary/aromatic N) is 1. The maximum Gasteiger partial charge on any atom is 0.223 e. The summed E-state index contributed by atoms with van der Waals surface area (Å²) in [5, 5.41) is 0. The second-order valence-corrected chi connectivity index (χ2v) is 4.51. The van der Waals surface area contributed by atoms with Crippen molar-refractivity contribution in [2.75, 3.05) is 6.54 Å². The highest BCUT2D eigenvalue weighted by molar-refractivity contribution is 5.77. The van der Waals surface area contributed by atoms with Crippen LogP contribution in [0.4, 0.5) is 0 Å². The van der Waals surface area contributed by atoms with E-state index in [1.54, 1.807) is 0 Å². The van der Waals surface area contributed by atoms with Gasteiger partial charge in [-0.2, -0.15) is 0 Å². The van der Waals surface area contributed by atoms with Crippen molar-refractivity contribution in [2.24, 2.45) is 5.92 Å². The molecule has 2 atom stereocenters. The summed E-state index contributed by atoms with van der Waals surface area (Å²) in [5.41, 5.74) is 0. The Labute approximate surface area is 87.7 Å². The quantitative estimate of drug-likeness (QED) is 0.678. The van der Waals surface area contributed by atoms with Crippen LogP contribution in [0.15, 0.2) is 0 Å². The van der Waals surface area contributed by atoms with Crippen LogP contribution in [0.3, 0.4) is 0 Å². The Balaban J connectivity index is 2.43. The Bertz CT molecular complexity index is 191. The molecule has 2 nitrogen and oxygen atoms in total. The summed E-state index contributed by atoms with van der Waals surface area (Å²) in [6, 6.07) is 0.534. The predicted octanol–water partition coefficient (Wildman–Crippen LogP) is 2.82. The summed E-state index contributed by atoms with van der Waals surface area (Å²) in [7, 11) is 0. The molecule has 0 saturated carbocycles. The summed E-state index contributed by atoms with van der Waals surface area (Å²) in [6.45, 7) is 7.49. The zero-order valence-corrected chi connectivity index (χ0v) is 9.75. The molecule has 0 bridgehead atoms. The summed E-state index contributed by atoms with van der Waals surface area (Å²) in [5.74, 6) is 0.921. The first-order valence-corrected chi connectivity index (χ1v) is 5.98. The van der Waals surface area contributed by atoms with Gasteiger partial charge < -0.3 is 4.90 Å². The van der Waals surface area contributed by atoms with Crippen LogP contribution >= 0.6 is 0 Å². The lowest BCUT2D eigenvalue weighted by Crippen LogP contribution is -2.35. The zero-order chi connectivity index (χ0) is 10.6. The molecule has 0 aliphatic carbocycles. The molecule has 0 N–H and O–H groups in total. The van der Waals surface area contributed by atoms with Crippen molar-refractivity contribution < 1.29 is 4.79 Å². The van der Waals surface area contributed by atoms with E-state index in [2.05, 4.69) is 25.7 Å². The van der Waals surface area contributed by atoms with Crippen LogP contribution in [0.25, 0.3) is 0 Å². The normalized spacial score (nSPS) is 23.9. The van der Waals surface area contributed by atoms with Crippen molar-refractivity contribution >= 4 is 5.91 Å². The molecule has 1 amide bonds. The highest BCUT2D eigenvalue weighted by Crippen LogP contribution is 2.22. The van der Waals surface area contributed by atoms with Gasteiger partial charge in [-0.05, 0) is 25.2 Å². The monoisotopic (exact) mass is 197 g/mol. The summed E-state index contributed by atoms with van der Waals surface area (Å²) in [6.07, 6.45) is 5.38. The lowest BCUT2D eigenvalue weighted by Gasteiger charge is -2.24. The fraction of sp³-hybridized carbons (Fsp3) is 0.917. The first kappa shape index (κ1) is 11.5. The van der Waals surface area contributed by atoms with E-state index in [-0.39, 0.29) is 0 Å². The van der Waals surface area contributed by atoms with E-state index in [0.29, 0.717) is 17.9 Å².